The molecule has 2 N–H and O–H groups in total. The van der Waals surface area contributed by atoms with E-state index in [1.807, 2.05) is 20.8 Å². The minimum Gasteiger partial charge on any atom is -0.354 e. The van der Waals surface area contributed by atoms with Crippen LogP contribution in [0.15, 0.2) is 29.1 Å². The fraction of sp³-hybridized carbons (Fsp3) is 0.375. The van der Waals surface area contributed by atoms with Crippen molar-refractivity contribution >= 4 is 41.0 Å². The van der Waals surface area contributed by atoms with Gasteiger partial charge in [0.05, 0.1) is 22.3 Å². The molecule has 0 saturated carbocycles. The van der Waals surface area contributed by atoms with Crippen LogP contribution in [0.3, 0.4) is 0 Å². The fourth-order valence-corrected chi connectivity index (χ4v) is 4.50. The molecule has 0 unspecified atom stereocenters. The number of nitrogens with one attached hydrogen (secondary N) is 2. The molecule has 2 amide bonds. The Morgan fingerprint density at radius 3 is 2.53 bits per heavy atom. The molecule has 0 saturated heterocycles. The lowest BCUT2D eigenvalue weighted by Gasteiger charge is -2.34. The number of amides is 2. The van der Waals surface area contributed by atoms with Gasteiger partial charge in [-0.15, -0.1) is 0 Å². The normalized spacial score (nSPS) is 15.1. The van der Waals surface area contributed by atoms with Crippen molar-refractivity contribution in [3.05, 3.63) is 67.2 Å². The lowest BCUT2D eigenvalue weighted by atomic mass is 9.98. The molecule has 1 aliphatic heterocycles. The third-order valence-electron chi connectivity index (χ3n) is 6.00. The molecule has 0 radical (unpaired) electrons. The summed E-state index contributed by atoms with van der Waals surface area (Å²) in [7, 11) is 3.18. The molecule has 0 fully saturated rings. The van der Waals surface area contributed by atoms with Crippen molar-refractivity contribution in [3.63, 3.8) is 0 Å². The van der Waals surface area contributed by atoms with Crippen molar-refractivity contribution in [2.24, 2.45) is 7.05 Å². The summed E-state index contributed by atoms with van der Waals surface area (Å²) in [5, 5.41) is 10.7. The Labute approximate surface area is 218 Å². The lowest BCUT2D eigenvalue weighted by Crippen LogP contribution is -2.46. The second-order valence-electron chi connectivity index (χ2n) is 9.01. The zero-order valence-corrected chi connectivity index (χ0v) is 22.1. The van der Waals surface area contributed by atoms with Gasteiger partial charge in [-0.2, -0.15) is 5.10 Å². The molecule has 12 heteroatoms. The number of anilines is 1. The summed E-state index contributed by atoms with van der Waals surface area (Å²) < 4.78 is 2.90. The Morgan fingerprint density at radius 1 is 1.17 bits per heavy atom. The van der Waals surface area contributed by atoms with Crippen LogP contribution < -0.4 is 16.2 Å². The molecular weight excluding hydrogens is 505 g/mol. The SMILES string of the molecule is CNC(=O)c1cc(-n2c(NC(C)C)nc3c(c2=O)C[C@@H](C)N(C(=O)c2ccc(Cl)c(Cl)c2)C3)n(C)n1. The van der Waals surface area contributed by atoms with E-state index in [9.17, 15) is 14.4 Å². The van der Waals surface area contributed by atoms with E-state index in [1.54, 1.807) is 30.1 Å². The van der Waals surface area contributed by atoms with Gasteiger partial charge < -0.3 is 15.5 Å². The van der Waals surface area contributed by atoms with Gasteiger partial charge in [0.25, 0.3) is 17.4 Å². The van der Waals surface area contributed by atoms with Crippen molar-refractivity contribution in [3.8, 4) is 5.82 Å². The third-order valence-corrected chi connectivity index (χ3v) is 6.74. The molecular formula is C24H27Cl2N7O3. The second-order valence-corrected chi connectivity index (χ2v) is 9.82. The number of carbonyl (C=O) groups is 2. The van der Waals surface area contributed by atoms with E-state index >= 15 is 0 Å². The molecule has 10 nitrogen and oxygen atoms in total. The molecule has 0 bridgehead atoms. The van der Waals surface area contributed by atoms with Crippen molar-refractivity contribution in [2.75, 3.05) is 12.4 Å². The standard InChI is InChI=1S/C24H27Cl2N7O3/c1-12(2)28-24-29-19-11-32(22(35)14-6-7-16(25)17(26)9-14)13(3)8-15(19)23(36)33(24)20-10-18(21(34)27-4)30-31(20)5/h6-7,9-10,12-13H,8,11H2,1-5H3,(H,27,34)(H,28,29)/t13-/m1/s1. The zero-order chi connectivity index (χ0) is 26.3. The van der Waals surface area contributed by atoms with E-state index in [-0.39, 0.29) is 41.7 Å². The van der Waals surface area contributed by atoms with Gasteiger partial charge in [0.1, 0.15) is 5.82 Å². The van der Waals surface area contributed by atoms with Crippen LogP contribution in [0.2, 0.25) is 10.0 Å². The highest BCUT2D eigenvalue weighted by molar-refractivity contribution is 6.42. The largest absolute Gasteiger partial charge is 0.354 e. The van der Waals surface area contributed by atoms with Crippen LogP contribution in [0.1, 0.15) is 52.9 Å². The Balaban J connectivity index is 1.80. The number of carbonyl (C=O) groups excluding carboxylic acids is 2. The molecule has 4 rings (SSSR count). The monoisotopic (exact) mass is 531 g/mol. The smallest absolute Gasteiger partial charge is 0.271 e. The topological polar surface area (TPSA) is 114 Å². The number of aryl methyl sites for hydroxylation is 1. The lowest BCUT2D eigenvalue weighted by molar-refractivity contribution is 0.0653. The number of hydrogen-bond acceptors (Lipinski definition) is 6. The average molecular weight is 532 g/mol. The van der Waals surface area contributed by atoms with Gasteiger partial charge >= 0.3 is 0 Å². The van der Waals surface area contributed by atoms with Gasteiger partial charge in [0.15, 0.2) is 5.69 Å². The van der Waals surface area contributed by atoms with Gasteiger partial charge in [-0.3, -0.25) is 19.1 Å². The van der Waals surface area contributed by atoms with E-state index in [0.717, 1.165) is 0 Å². The fourth-order valence-electron chi connectivity index (χ4n) is 4.20. The molecule has 1 aliphatic rings. The van der Waals surface area contributed by atoms with Gasteiger partial charge in [0.2, 0.25) is 5.95 Å². The summed E-state index contributed by atoms with van der Waals surface area (Å²) in [4.78, 5) is 45.7. The first-order valence-corrected chi connectivity index (χ1v) is 12.2. The first kappa shape index (κ1) is 25.7. The number of nitrogens with zero attached hydrogens (tertiary/aromatic N) is 5. The molecule has 1 aromatic carbocycles. The predicted octanol–water partition coefficient (Wildman–Crippen LogP) is 3.04. The third kappa shape index (κ3) is 4.70. The van der Waals surface area contributed by atoms with Crippen LogP contribution in [0, 0.1) is 0 Å². The van der Waals surface area contributed by atoms with Crippen LogP contribution in [0.5, 0.6) is 0 Å². The maximum atomic E-state index is 13.8. The molecule has 0 spiro atoms. The highest BCUT2D eigenvalue weighted by Crippen LogP contribution is 2.27. The number of aromatic nitrogens is 4. The average Bonchev–Trinajstić information content (AvgIpc) is 3.21. The van der Waals surface area contributed by atoms with E-state index in [4.69, 9.17) is 28.2 Å². The maximum absolute atomic E-state index is 13.8. The summed E-state index contributed by atoms with van der Waals surface area (Å²) in [6.07, 6.45) is 0.316. The molecule has 3 aromatic rings. The number of rotatable bonds is 5. The van der Waals surface area contributed by atoms with Gasteiger partial charge in [0, 0.05) is 43.4 Å². The Bertz CT molecular complexity index is 1410. The van der Waals surface area contributed by atoms with Crippen LogP contribution in [0.25, 0.3) is 5.82 Å². The molecule has 0 aliphatic carbocycles. The molecule has 36 heavy (non-hydrogen) atoms. The van der Waals surface area contributed by atoms with Crippen LogP contribution in [-0.4, -0.2) is 55.2 Å². The molecule has 190 valence electrons. The minimum atomic E-state index is -0.362. The minimum absolute atomic E-state index is 0.0377. The molecule has 3 heterocycles. The summed E-state index contributed by atoms with van der Waals surface area (Å²) in [6.45, 7) is 5.90. The summed E-state index contributed by atoms with van der Waals surface area (Å²) >= 11 is 12.1. The van der Waals surface area contributed by atoms with E-state index in [1.165, 1.54) is 22.4 Å². The summed E-state index contributed by atoms with van der Waals surface area (Å²) in [5.41, 5.74) is 1.34. The highest BCUT2D eigenvalue weighted by atomic mass is 35.5. The van der Waals surface area contributed by atoms with Crippen LogP contribution >= 0.6 is 23.2 Å². The first-order chi connectivity index (χ1) is 17.0. The van der Waals surface area contributed by atoms with Gasteiger partial charge in [-0.25, -0.2) is 9.55 Å². The number of halogens is 2. The van der Waals surface area contributed by atoms with E-state index < -0.39 is 0 Å². The Morgan fingerprint density at radius 2 is 1.89 bits per heavy atom. The van der Waals surface area contributed by atoms with Gasteiger partial charge in [-0.05, 0) is 45.4 Å². The number of fused-ring (bicyclic) bond motifs is 1. The molecule has 2 aromatic heterocycles. The van der Waals surface area contributed by atoms with Crippen molar-refractivity contribution in [1.29, 1.82) is 0 Å². The Hall–Kier alpha value is -3.37. The molecule has 1 atom stereocenters. The maximum Gasteiger partial charge on any atom is 0.271 e. The van der Waals surface area contributed by atoms with Crippen molar-refractivity contribution in [1.82, 2.24) is 29.5 Å². The quantitative estimate of drug-likeness (QED) is 0.522. The summed E-state index contributed by atoms with van der Waals surface area (Å²) in [6, 6.07) is 6.00. The predicted molar refractivity (Wildman–Crippen MR) is 138 cm³/mol. The zero-order valence-electron chi connectivity index (χ0n) is 20.6. The highest BCUT2D eigenvalue weighted by Gasteiger charge is 2.32. The first-order valence-electron chi connectivity index (χ1n) is 11.5. The summed E-state index contributed by atoms with van der Waals surface area (Å²) in [5.74, 6) is 0.118. The Kier molecular flexibility index (Phi) is 7.10. The van der Waals surface area contributed by atoms with Gasteiger partial charge in [-0.1, -0.05) is 23.2 Å². The van der Waals surface area contributed by atoms with E-state index in [2.05, 4.69) is 15.7 Å². The number of benzene rings is 1. The van der Waals surface area contributed by atoms with Crippen LogP contribution in [0.4, 0.5) is 5.95 Å². The van der Waals surface area contributed by atoms with Crippen LogP contribution in [-0.2, 0) is 20.0 Å². The van der Waals surface area contributed by atoms with E-state index in [0.29, 0.717) is 45.1 Å². The van der Waals surface area contributed by atoms with Crippen molar-refractivity contribution in [2.45, 2.75) is 45.8 Å². The second kappa shape index (κ2) is 9.94. The number of hydrogen-bond donors (Lipinski definition) is 2. The van der Waals surface area contributed by atoms with Crippen molar-refractivity contribution < 1.29 is 9.59 Å².